The van der Waals surface area contributed by atoms with Crippen molar-refractivity contribution in [2.45, 2.75) is 10.7 Å². The Morgan fingerprint density at radius 2 is 1.89 bits per heavy atom. The zero-order chi connectivity index (χ0) is 19.2. The molecule has 1 heterocycles. The van der Waals surface area contributed by atoms with Gasteiger partial charge in [-0.05, 0) is 42.5 Å². The molecule has 1 fully saturated rings. The number of carbonyl (C=O) groups is 1. The quantitative estimate of drug-likeness (QED) is 0.716. The van der Waals surface area contributed by atoms with Crippen molar-refractivity contribution in [1.29, 1.82) is 0 Å². The second kappa shape index (κ2) is 9.39. The fraction of sp³-hybridized carbons (Fsp3) is 0.316. The molecule has 0 unspecified atom stereocenters. The summed E-state index contributed by atoms with van der Waals surface area (Å²) in [5, 5.41) is 3.55. The van der Waals surface area contributed by atoms with Crippen molar-refractivity contribution < 1.29 is 18.5 Å². The minimum Gasteiger partial charge on any atom is -0.360 e. The molecular formula is C19H21ClF2N3OS+. The van der Waals surface area contributed by atoms with Crippen LogP contribution in [-0.2, 0) is 4.79 Å². The highest BCUT2D eigenvalue weighted by atomic mass is 35.5. The summed E-state index contributed by atoms with van der Waals surface area (Å²) < 4.78 is 24.7. The van der Waals surface area contributed by atoms with E-state index < -0.39 is 5.76 Å². The Morgan fingerprint density at radius 3 is 2.52 bits per heavy atom. The summed E-state index contributed by atoms with van der Waals surface area (Å²) in [6.07, 6.45) is 0. The van der Waals surface area contributed by atoms with Gasteiger partial charge in [-0.1, -0.05) is 29.4 Å². The fourth-order valence-electron chi connectivity index (χ4n) is 3.08. The number of carbonyl (C=O) groups excluding carboxylic acids is 1. The van der Waals surface area contributed by atoms with Crippen molar-refractivity contribution in [3.8, 4) is 0 Å². The highest BCUT2D eigenvalue weighted by Crippen LogP contribution is 2.26. The molecule has 0 spiro atoms. The Kier molecular flexibility index (Phi) is 6.93. The van der Waals surface area contributed by atoms with Gasteiger partial charge in [0, 0.05) is 21.3 Å². The average Bonchev–Trinajstić information content (AvgIpc) is 2.63. The maximum atomic E-state index is 12.3. The monoisotopic (exact) mass is 412 g/mol. The van der Waals surface area contributed by atoms with Gasteiger partial charge in [-0.25, -0.2) is 0 Å². The SMILES string of the molecule is O=C(C[NH+]1CCN(c2cccc(Cl)c2)CC1)Nc1ccc(SC(F)F)cc1. The zero-order valence-electron chi connectivity index (χ0n) is 14.6. The summed E-state index contributed by atoms with van der Waals surface area (Å²) in [4.78, 5) is 16.2. The normalized spacial score (nSPS) is 15.2. The van der Waals surface area contributed by atoms with Crippen molar-refractivity contribution in [1.82, 2.24) is 0 Å². The average molecular weight is 413 g/mol. The van der Waals surface area contributed by atoms with Crippen molar-refractivity contribution in [2.24, 2.45) is 0 Å². The van der Waals surface area contributed by atoms with E-state index in [1.165, 1.54) is 4.90 Å². The fourth-order valence-corrected chi connectivity index (χ4v) is 3.77. The largest absolute Gasteiger partial charge is 0.360 e. The first-order valence-corrected chi connectivity index (χ1v) is 9.94. The Labute approximate surface area is 166 Å². The van der Waals surface area contributed by atoms with Crippen LogP contribution in [0.4, 0.5) is 20.2 Å². The molecule has 0 atom stereocenters. The number of piperazine rings is 1. The van der Waals surface area contributed by atoms with Gasteiger partial charge in [0.05, 0.1) is 26.2 Å². The smallest absolute Gasteiger partial charge is 0.288 e. The van der Waals surface area contributed by atoms with Gasteiger partial charge in [-0.15, -0.1) is 0 Å². The first-order chi connectivity index (χ1) is 13.0. The molecule has 3 rings (SSSR count). The lowest BCUT2D eigenvalue weighted by atomic mass is 10.2. The Bertz CT molecular complexity index is 768. The van der Waals surface area contributed by atoms with Crippen molar-refractivity contribution in [3.05, 3.63) is 53.6 Å². The molecule has 0 aromatic heterocycles. The second-order valence-electron chi connectivity index (χ2n) is 6.34. The highest BCUT2D eigenvalue weighted by molar-refractivity contribution is 7.99. The summed E-state index contributed by atoms with van der Waals surface area (Å²) >= 11 is 6.54. The number of nitrogens with one attached hydrogen (secondary N) is 2. The molecule has 0 bridgehead atoms. The Hall–Kier alpha value is -1.83. The molecule has 2 N–H and O–H groups in total. The van der Waals surface area contributed by atoms with Crippen LogP contribution in [0.3, 0.4) is 0 Å². The lowest BCUT2D eigenvalue weighted by Crippen LogP contribution is -3.15. The third-order valence-electron chi connectivity index (χ3n) is 4.42. The van der Waals surface area contributed by atoms with E-state index in [0.717, 1.165) is 36.9 Å². The van der Waals surface area contributed by atoms with E-state index in [4.69, 9.17) is 11.6 Å². The molecule has 1 aliphatic rings. The molecule has 1 aliphatic heterocycles. The van der Waals surface area contributed by atoms with E-state index in [2.05, 4.69) is 10.2 Å². The van der Waals surface area contributed by atoms with Gasteiger partial charge in [0.25, 0.3) is 11.7 Å². The molecule has 8 heteroatoms. The molecule has 0 radical (unpaired) electrons. The minimum atomic E-state index is -2.44. The lowest BCUT2D eigenvalue weighted by Gasteiger charge is -2.33. The first kappa shape index (κ1) is 19.9. The van der Waals surface area contributed by atoms with Gasteiger partial charge in [0.15, 0.2) is 6.54 Å². The number of rotatable bonds is 6. The van der Waals surface area contributed by atoms with Gasteiger partial charge in [-0.2, -0.15) is 8.78 Å². The van der Waals surface area contributed by atoms with Crippen molar-refractivity contribution in [3.63, 3.8) is 0 Å². The number of halogens is 3. The number of anilines is 2. The van der Waals surface area contributed by atoms with Crippen LogP contribution in [0.25, 0.3) is 0 Å². The van der Waals surface area contributed by atoms with Gasteiger partial charge in [0.1, 0.15) is 0 Å². The molecule has 1 saturated heterocycles. The minimum absolute atomic E-state index is 0.0736. The number of nitrogens with zero attached hydrogens (tertiary/aromatic N) is 1. The predicted octanol–water partition coefficient (Wildman–Crippen LogP) is 3.00. The standard InChI is InChI=1S/C19H20ClF2N3OS/c20-14-2-1-3-16(12-14)25-10-8-24(9-11-25)13-18(26)23-15-4-6-17(7-5-15)27-19(21)22/h1-7,12,19H,8-11,13H2,(H,23,26)/p+1. The van der Waals surface area contributed by atoms with E-state index >= 15 is 0 Å². The van der Waals surface area contributed by atoms with Crippen LogP contribution in [0.2, 0.25) is 5.02 Å². The van der Waals surface area contributed by atoms with E-state index in [1.807, 2.05) is 24.3 Å². The number of amides is 1. The van der Waals surface area contributed by atoms with E-state index in [9.17, 15) is 13.6 Å². The molecule has 1 amide bonds. The van der Waals surface area contributed by atoms with Gasteiger partial charge >= 0.3 is 0 Å². The zero-order valence-corrected chi connectivity index (χ0v) is 16.2. The molecular weight excluding hydrogens is 392 g/mol. The first-order valence-electron chi connectivity index (χ1n) is 8.68. The van der Waals surface area contributed by atoms with Gasteiger partial charge in [-0.3, -0.25) is 4.79 Å². The summed E-state index contributed by atoms with van der Waals surface area (Å²) in [5.74, 6) is -2.52. The summed E-state index contributed by atoms with van der Waals surface area (Å²) in [5.41, 5.74) is 1.73. The molecule has 4 nitrogen and oxygen atoms in total. The van der Waals surface area contributed by atoms with Crippen LogP contribution in [0.1, 0.15) is 0 Å². The molecule has 0 saturated carbocycles. The van der Waals surface area contributed by atoms with Crippen LogP contribution in [0.5, 0.6) is 0 Å². The number of thioether (sulfide) groups is 1. The number of quaternary nitrogens is 1. The third-order valence-corrected chi connectivity index (χ3v) is 5.38. The molecule has 2 aromatic rings. The van der Waals surface area contributed by atoms with E-state index in [1.54, 1.807) is 24.3 Å². The molecule has 144 valence electrons. The number of hydrogen-bond donors (Lipinski definition) is 2. The van der Waals surface area contributed by atoms with Crippen LogP contribution in [0.15, 0.2) is 53.4 Å². The molecule has 0 aliphatic carbocycles. The van der Waals surface area contributed by atoms with Gasteiger partial charge in [0.2, 0.25) is 0 Å². The highest BCUT2D eigenvalue weighted by Gasteiger charge is 2.22. The predicted molar refractivity (Wildman–Crippen MR) is 106 cm³/mol. The van der Waals surface area contributed by atoms with Crippen molar-refractivity contribution >= 4 is 40.6 Å². The Morgan fingerprint density at radius 1 is 1.19 bits per heavy atom. The van der Waals surface area contributed by atoms with E-state index in [-0.39, 0.29) is 5.91 Å². The molecule has 27 heavy (non-hydrogen) atoms. The van der Waals surface area contributed by atoms with E-state index in [0.29, 0.717) is 28.9 Å². The topological polar surface area (TPSA) is 36.8 Å². The maximum absolute atomic E-state index is 12.3. The third kappa shape index (κ3) is 6.09. The van der Waals surface area contributed by atoms with Crippen LogP contribution < -0.4 is 15.1 Å². The maximum Gasteiger partial charge on any atom is 0.288 e. The van der Waals surface area contributed by atoms with Crippen LogP contribution in [-0.4, -0.2) is 44.4 Å². The van der Waals surface area contributed by atoms with Crippen molar-refractivity contribution in [2.75, 3.05) is 42.9 Å². The number of benzene rings is 2. The van der Waals surface area contributed by atoms with Gasteiger partial charge < -0.3 is 15.1 Å². The number of hydrogen-bond acceptors (Lipinski definition) is 3. The van der Waals surface area contributed by atoms with Crippen LogP contribution in [0, 0.1) is 0 Å². The summed E-state index contributed by atoms with van der Waals surface area (Å²) in [6, 6.07) is 14.3. The summed E-state index contributed by atoms with van der Waals surface area (Å²) in [7, 11) is 0. The van der Waals surface area contributed by atoms with Crippen LogP contribution >= 0.6 is 23.4 Å². The second-order valence-corrected chi connectivity index (χ2v) is 7.84. The summed E-state index contributed by atoms with van der Waals surface area (Å²) in [6.45, 7) is 3.84. The lowest BCUT2D eigenvalue weighted by molar-refractivity contribution is -0.892. The Balaban J connectivity index is 1.45. The molecule has 2 aromatic carbocycles. The number of alkyl halides is 2.